The van der Waals surface area contributed by atoms with Gasteiger partial charge in [-0.15, -0.1) is 11.3 Å². The van der Waals surface area contributed by atoms with Crippen LogP contribution < -0.4 is 5.32 Å². The largest absolute Gasteiger partial charge is 0.392 e. The average Bonchev–Trinajstić information content (AvgIpc) is 3.15. The highest BCUT2D eigenvalue weighted by Gasteiger charge is 2.25. The standard InChI is InChI=1S/C14H19N7OS/c1-3-20-5-4-9-10(7-20)23-13-11(9)12(15-6-8(2)22)16-14-17-18-19-21(13)14/h8,22H,3-7H2,1-2H3,(H,15,16,17,19). The fourth-order valence-electron chi connectivity index (χ4n) is 3.02. The van der Waals surface area contributed by atoms with Crippen molar-refractivity contribution in [2.45, 2.75) is 32.9 Å². The van der Waals surface area contributed by atoms with Crippen LogP contribution in [0.1, 0.15) is 24.3 Å². The van der Waals surface area contributed by atoms with Crippen molar-refractivity contribution in [3.63, 3.8) is 0 Å². The second-order valence-electron chi connectivity index (χ2n) is 5.88. The Labute approximate surface area is 137 Å². The minimum Gasteiger partial charge on any atom is -0.392 e. The summed E-state index contributed by atoms with van der Waals surface area (Å²) in [4.78, 5) is 9.37. The molecule has 0 radical (unpaired) electrons. The summed E-state index contributed by atoms with van der Waals surface area (Å²) in [6.45, 7) is 7.47. The molecule has 0 fully saturated rings. The topological polar surface area (TPSA) is 91.5 Å². The third-order valence-electron chi connectivity index (χ3n) is 4.22. The smallest absolute Gasteiger partial charge is 0.276 e. The van der Waals surface area contributed by atoms with Gasteiger partial charge in [-0.25, -0.2) is 0 Å². The van der Waals surface area contributed by atoms with Crippen molar-refractivity contribution >= 4 is 33.1 Å². The fourth-order valence-corrected chi connectivity index (χ4v) is 4.35. The molecule has 2 N–H and O–H groups in total. The number of anilines is 1. The third kappa shape index (κ3) is 2.44. The Kier molecular flexibility index (Phi) is 3.63. The van der Waals surface area contributed by atoms with Crippen molar-refractivity contribution in [1.82, 2.24) is 29.9 Å². The first kappa shape index (κ1) is 14.7. The van der Waals surface area contributed by atoms with Gasteiger partial charge < -0.3 is 10.4 Å². The molecule has 1 aliphatic rings. The zero-order chi connectivity index (χ0) is 16.0. The van der Waals surface area contributed by atoms with Crippen LogP contribution in [0, 0.1) is 0 Å². The van der Waals surface area contributed by atoms with E-state index in [1.54, 1.807) is 22.8 Å². The Morgan fingerprint density at radius 3 is 3.09 bits per heavy atom. The minimum absolute atomic E-state index is 0.441. The second-order valence-corrected chi connectivity index (χ2v) is 6.97. The number of fused-ring (bicyclic) bond motifs is 5. The van der Waals surface area contributed by atoms with Crippen LogP contribution >= 0.6 is 11.3 Å². The Bertz CT molecular complexity index is 856. The van der Waals surface area contributed by atoms with E-state index in [0.717, 1.165) is 42.1 Å². The van der Waals surface area contributed by atoms with Crippen LogP contribution in [0.25, 0.3) is 16.0 Å². The monoisotopic (exact) mass is 333 g/mol. The molecular formula is C14H19N7OS. The molecule has 23 heavy (non-hydrogen) atoms. The Hall–Kier alpha value is -1.84. The van der Waals surface area contributed by atoms with Crippen molar-refractivity contribution in [2.75, 3.05) is 25.0 Å². The number of hydrogen-bond acceptors (Lipinski definition) is 8. The summed E-state index contributed by atoms with van der Waals surface area (Å²) in [5.74, 6) is 1.25. The first-order valence-electron chi connectivity index (χ1n) is 7.84. The van der Waals surface area contributed by atoms with Crippen LogP contribution in [0.15, 0.2) is 0 Å². The third-order valence-corrected chi connectivity index (χ3v) is 5.42. The van der Waals surface area contributed by atoms with E-state index >= 15 is 0 Å². The second kappa shape index (κ2) is 5.66. The van der Waals surface area contributed by atoms with Crippen LogP contribution in [-0.2, 0) is 13.0 Å². The molecule has 0 aliphatic carbocycles. The summed E-state index contributed by atoms with van der Waals surface area (Å²) in [5, 5.41) is 25.7. The van der Waals surface area contributed by atoms with Crippen molar-refractivity contribution in [1.29, 1.82) is 0 Å². The predicted molar refractivity (Wildman–Crippen MR) is 88.8 cm³/mol. The highest BCUT2D eigenvalue weighted by atomic mass is 32.1. The van der Waals surface area contributed by atoms with Crippen molar-refractivity contribution in [2.24, 2.45) is 0 Å². The molecule has 4 rings (SSSR count). The number of nitrogens with one attached hydrogen (secondary N) is 1. The summed E-state index contributed by atoms with van der Waals surface area (Å²) < 4.78 is 1.71. The minimum atomic E-state index is -0.441. The lowest BCUT2D eigenvalue weighted by Gasteiger charge is -2.25. The van der Waals surface area contributed by atoms with Crippen LogP contribution in [0.5, 0.6) is 0 Å². The molecule has 0 bridgehead atoms. The fraction of sp³-hybridized carbons (Fsp3) is 0.571. The van der Waals surface area contributed by atoms with Gasteiger partial charge in [0.25, 0.3) is 5.78 Å². The van der Waals surface area contributed by atoms with E-state index in [1.165, 1.54) is 10.4 Å². The Balaban J connectivity index is 1.90. The first-order chi connectivity index (χ1) is 11.2. The van der Waals surface area contributed by atoms with E-state index < -0.39 is 6.10 Å². The molecule has 1 unspecified atom stereocenters. The van der Waals surface area contributed by atoms with Gasteiger partial charge >= 0.3 is 0 Å². The normalized spacial score (nSPS) is 16.8. The summed E-state index contributed by atoms with van der Waals surface area (Å²) in [5.41, 5.74) is 1.34. The summed E-state index contributed by atoms with van der Waals surface area (Å²) in [7, 11) is 0. The van der Waals surface area contributed by atoms with Gasteiger partial charge in [-0.2, -0.15) is 9.50 Å². The van der Waals surface area contributed by atoms with Crippen molar-refractivity contribution < 1.29 is 5.11 Å². The van der Waals surface area contributed by atoms with E-state index in [4.69, 9.17) is 0 Å². The van der Waals surface area contributed by atoms with Crippen molar-refractivity contribution in [3.8, 4) is 0 Å². The molecule has 4 heterocycles. The molecule has 3 aromatic heterocycles. The molecule has 0 amide bonds. The molecule has 1 aliphatic heterocycles. The van der Waals surface area contributed by atoms with Gasteiger partial charge in [0.15, 0.2) is 0 Å². The zero-order valence-electron chi connectivity index (χ0n) is 13.2. The molecule has 0 spiro atoms. The molecule has 0 aromatic carbocycles. The van der Waals surface area contributed by atoms with Crippen LogP contribution in [-0.4, -0.2) is 60.8 Å². The first-order valence-corrected chi connectivity index (χ1v) is 8.65. The molecule has 0 saturated carbocycles. The number of tetrazole rings is 1. The van der Waals surface area contributed by atoms with Gasteiger partial charge in [-0.1, -0.05) is 12.0 Å². The Morgan fingerprint density at radius 1 is 1.43 bits per heavy atom. The number of aliphatic hydroxyl groups excluding tert-OH is 1. The van der Waals surface area contributed by atoms with E-state index in [9.17, 15) is 5.11 Å². The van der Waals surface area contributed by atoms with Gasteiger partial charge in [0.2, 0.25) is 0 Å². The van der Waals surface area contributed by atoms with Crippen LogP contribution in [0.3, 0.4) is 0 Å². The number of rotatable bonds is 4. The Morgan fingerprint density at radius 2 is 2.30 bits per heavy atom. The van der Waals surface area contributed by atoms with Crippen LogP contribution in [0.2, 0.25) is 0 Å². The molecule has 8 nitrogen and oxygen atoms in total. The predicted octanol–water partition coefficient (Wildman–Crippen LogP) is 0.905. The van der Waals surface area contributed by atoms with Crippen LogP contribution in [0.4, 0.5) is 5.82 Å². The summed E-state index contributed by atoms with van der Waals surface area (Å²) in [6.07, 6.45) is 0.561. The summed E-state index contributed by atoms with van der Waals surface area (Å²) >= 11 is 1.74. The molecular weight excluding hydrogens is 314 g/mol. The van der Waals surface area contributed by atoms with E-state index in [2.05, 4.69) is 37.6 Å². The maximum absolute atomic E-state index is 9.57. The zero-order valence-corrected chi connectivity index (χ0v) is 14.0. The molecule has 1 atom stereocenters. The molecule has 0 saturated heterocycles. The van der Waals surface area contributed by atoms with Gasteiger partial charge in [0.05, 0.1) is 11.5 Å². The highest BCUT2D eigenvalue weighted by molar-refractivity contribution is 7.19. The quantitative estimate of drug-likeness (QED) is 0.733. The number of thiophene rings is 1. The summed E-state index contributed by atoms with van der Waals surface area (Å²) in [6, 6.07) is 0. The van der Waals surface area contributed by atoms with E-state index in [-0.39, 0.29) is 0 Å². The maximum atomic E-state index is 9.57. The number of aliphatic hydroxyl groups is 1. The highest BCUT2D eigenvalue weighted by Crippen LogP contribution is 2.38. The van der Waals surface area contributed by atoms with Gasteiger partial charge in [0.1, 0.15) is 10.6 Å². The number of likely N-dealkylation sites (N-methyl/N-ethyl adjacent to an activating group) is 1. The van der Waals surface area contributed by atoms with Gasteiger partial charge in [-0.05, 0) is 35.9 Å². The van der Waals surface area contributed by atoms with Gasteiger partial charge in [0, 0.05) is 24.5 Å². The average molecular weight is 333 g/mol. The van der Waals surface area contributed by atoms with E-state index in [0.29, 0.717) is 12.3 Å². The lowest BCUT2D eigenvalue weighted by atomic mass is 10.0. The molecule has 9 heteroatoms. The maximum Gasteiger partial charge on any atom is 0.276 e. The number of nitrogens with zero attached hydrogens (tertiary/aromatic N) is 6. The van der Waals surface area contributed by atoms with Gasteiger partial charge in [-0.3, -0.25) is 4.90 Å². The number of hydrogen-bond donors (Lipinski definition) is 2. The SMILES string of the molecule is CCN1CCc2c(sc3c2c(NCC(C)O)nc2nnnn23)C1. The van der Waals surface area contributed by atoms with E-state index in [1.807, 2.05) is 0 Å². The lowest BCUT2D eigenvalue weighted by Crippen LogP contribution is -2.29. The number of aromatic nitrogens is 5. The molecule has 122 valence electrons. The van der Waals surface area contributed by atoms with Crippen molar-refractivity contribution in [3.05, 3.63) is 10.4 Å². The molecule has 3 aromatic rings. The lowest BCUT2D eigenvalue weighted by molar-refractivity contribution is 0.208.